The van der Waals surface area contributed by atoms with Crippen LogP contribution in [0.1, 0.15) is 37.2 Å². The maximum atomic E-state index is 13.8. The van der Waals surface area contributed by atoms with E-state index in [4.69, 9.17) is 14.7 Å². The third-order valence-electron chi connectivity index (χ3n) is 5.59. The number of rotatable bonds is 2. The molecule has 1 aromatic carbocycles. The SMILES string of the molecule is Cc1cccc(-c2nc3c(c(-c4cccc5c4OC(F)(F)O5)n2)CCC(C)(C)C3)n1. The molecular formula is C23H21F2N3O2. The van der Waals surface area contributed by atoms with Crippen molar-refractivity contribution in [3.63, 3.8) is 0 Å². The molecule has 0 saturated heterocycles. The van der Waals surface area contributed by atoms with Crippen molar-refractivity contribution in [1.29, 1.82) is 0 Å². The van der Waals surface area contributed by atoms with E-state index in [0.717, 1.165) is 36.2 Å². The molecule has 0 bridgehead atoms. The summed E-state index contributed by atoms with van der Waals surface area (Å²) >= 11 is 0. The molecule has 0 atom stereocenters. The standard InChI is InChI=1S/C23H21F2N3O2/c1-13-6-4-8-16(26-13)21-27-17-12-22(2,3)11-10-14(17)19(28-21)15-7-5-9-18-20(15)30-23(24,25)29-18/h4-9H,10-12H2,1-3H3. The van der Waals surface area contributed by atoms with Gasteiger partial charge in [-0.1, -0.05) is 26.0 Å². The predicted octanol–water partition coefficient (Wildman–Crippen LogP) is 5.35. The lowest BCUT2D eigenvalue weighted by Crippen LogP contribution is -2.26. The Balaban J connectivity index is 1.73. The predicted molar refractivity (Wildman–Crippen MR) is 107 cm³/mol. The summed E-state index contributed by atoms with van der Waals surface area (Å²) in [5.41, 5.74) is 4.59. The lowest BCUT2D eigenvalue weighted by Gasteiger charge is -2.31. The first kappa shape index (κ1) is 18.9. The average molecular weight is 409 g/mol. The number of benzene rings is 1. The normalized spacial score (nSPS) is 18.2. The topological polar surface area (TPSA) is 57.1 Å². The van der Waals surface area contributed by atoms with Crippen LogP contribution < -0.4 is 9.47 Å². The van der Waals surface area contributed by atoms with Gasteiger partial charge in [-0.3, -0.25) is 0 Å². The highest BCUT2D eigenvalue weighted by Gasteiger charge is 2.45. The van der Waals surface area contributed by atoms with E-state index in [1.165, 1.54) is 6.07 Å². The molecule has 3 aromatic rings. The van der Waals surface area contributed by atoms with E-state index in [1.807, 2.05) is 25.1 Å². The zero-order valence-corrected chi connectivity index (χ0v) is 17.0. The molecule has 5 rings (SSSR count). The molecule has 0 saturated carbocycles. The van der Waals surface area contributed by atoms with Crippen molar-refractivity contribution in [2.75, 3.05) is 0 Å². The van der Waals surface area contributed by atoms with Crippen LogP contribution in [0.3, 0.4) is 0 Å². The fourth-order valence-electron chi connectivity index (χ4n) is 4.10. The second kappa shape index (κ2) is 6.45. The molecule has 30 heavy (non-hydrogen) atoms. The first-order valence-corrected chi connectivity index (χ1v) is 9.94. The van der Waals surface area contributed by atoms with Crippen LogP contribution in [-0.4, -0.2) is 21.2 Å². The largest absolute Gasteiger partial charge is 0.586 e. The van der Waals surface area contributed by atoms with E-state index in [0.29, 0.717) is 22.8 Å². The number of halogens is 2. The molecule has 0 N–H and O–H groups in total. The Hall–Kier alpha value is -3.09. The minimum Gasteiger partial charge on any atom is -0.395 e. The van der Waals surface area contributed by atoms with Crippen LogP contribution in [0.5, 0.6) is 11.5 Å². The van der Waals surface area contributed by atoms with Gasteiger partial charge in [0.15, 0.2) is 17.3 Å². The van der Waals surface area contributed by atoms with Gasteiger partial charge in [-0.05, 0) is 55.9 Å². The van der Waals surface area contributed by atoms with E-state index in [-0.39, 0.29) is 16.9 Å². The first-order chi connectivity index (χ1) is 14.2. The van der Waals surface area contributed by atoms with Crippen molar-refractivity contribution < 1.29 is 18.3 Å². The summed E-state index contributed by atoms with van der Waals surface area (Å²) in [6.45, 7) is 6.32. The molecule has 5 nitrogen and oxygen atoms in total. The quantitative estimate of drug-likeness (QED) is 0.571. The van der Waals surface area contributed by atoms with Crippen LogP contribution in [-0.2, 0) is 12.8 Å². The van der Waals surface area contributed by atoms with E-state index < -0.39 is 6.29 Å². The van der Waals surface area contributed by atoms with E-state index in [2.05, 4.69) is 23.6 Å². The van der Waals surface area contributed by atoms with Crippen molar-refractivity contribution in [3.8, 4) is 34.3 Å². The summed E-state index contributed by atoms with van der Waals surface area (Å²) in [5.74, 6) is 0.501. The Morgan fingerprint density at radius 1 is 0.967 bits per heavy atom. The number of alkyl halides is 2. The van der Waals surface area contributed by atoms with Gasteiger partial charge in [-0.2, -0.15) is 0 Å². The summed E-state index contributed by atoms with van der Waals surface area (Å²) in [5, 5.41) is 0. The van der Waals surface area contributed by atoms with Crippen molar-refractivity contribution >= 4 is 0 Å². The number of aromatic nitrogens is 3. The Labute approximate surface area is 173 Å². The van der Waals surface area contributed by atoms with Crippen LogP contribution in [0, 0.1) is 12.3 Å². The van der Waals surface area contributed by atoms with Gasteiger partial charge in [0.2, 0.25) is 0 Å². The number of hydrogen-bond acceptors (Lipinski definition) is 5. The Morgan fingerprint density at radius 3 is 2.57 bits per heavy atom. The van der Waals surface area contributed by atoms with Crippen LogP contribution >= 0.6 is 0 Å². The molecule has 0 spiro atoms. The zero-order valence-electron chi connectivity index (χ0n) is 17.0. The second-order valence-electron chi connectivity index (χ2n) is 8.63. The van der Waals surface area contributed by atoms with E-state index in [9.17, 15) is 8.78 Å². The lowest BCUT2D eigenvalue weighted by atomic mass is 9.75. The Bertz CT molecular complexity index is 1160. The van der Waals surface area contributed by atoms with Gasteiger partial charge in [-0.25, -0.2) is 15.0 Å². The molecule has 0 amide bonds. The fourth-order valence-corrected chi connectivity index (χ4v) is 4.10. The maximum absolute atomic E-state index is 13.8. The number of para-hydroxylation sites is 1. The van der Waals surface area contributed by atoms with Crippen LogP contribution in [0.25, 0.3) is 22.8 Å². The van der Waals surface area contributed by atoms with Gasteiger partial charge in [0.05, 0.1) is 5.69 Å². The number of hydrogen-bond donors (Lipinski definition) is 0. The molecule has 0 unspecified atom stereocenters. The highest BCUT2D eigenvalue weighted by molar-refractivity contribution is 5.76. The monoisotopic (exact) mass is 409 g/mol. The molecular weight excluding hydrogens is 388 g/mol. The van der Waals surface area contributed by atoms with Crippen molar-refractivity contribution in [2.45, 2.75) is 46.3 Å². The number of pyridine rings is 1. The summed E-state index contributed by atoms with van der Waals surface area (Å²) < 4.78 is 37.0. The molecule has 0 radical (unpaired) electrons. The fraction of sp³-hybridized carbons (Fsp3) is 0.348. The average Bonchev–Trinajstić information content (AvgIpc) is 3.00. The van der Waals surface area contributed by atoms with Gasteiger partial charge in [-0.15, -0.1) is 8.78 Å². The lowest BCUT2D eigenvalue weighted by molar-refractivity contribution is -0.286. The molecule has 3 heterocycles. The van der Waals surface area contributed by atoms with Gasteiger partial charge >= 0.3 is 6.29 Å². The second-order valence-corrected chi connectivity index (χ2v) is 8.63. The number of aryl methyl sites for hydroxylation is 1. The summed E-state index contributed by atoms with van der Waals surface area (Å²) in [6, 6.07) is 10.5. The van der Waals surface area contributed by atoms with Gasteiger partial charge in [0, 0.05) is 22.5 Å². The highest BCUT2D eigenvalue weighted by Crippen LogP contribution is 2.48. The van der Waals surface area contributed by atoms with Crippen molar-refractivity contribution in [1.82, 2.24) is 15.0 Å². The minimum atomic E-state index is -3.69. The van der Waals surface area contributed by atoms with Crippen LogP contribution in [0.2, 0.25) is 0 Å². The highest BCUT2D eigenvalue weighted by atomic mass is 19.3. The van der Waals surface area contributed by atoms with Crippen LogP contribution in [0.15, 0.2) is 36.4 Å². The Kier molecular flexibility index (Phi) is 4.07. The molecule has 0 fully saturated rings. The van der Waals surface area contributed by atoms with Crippen LogP contribution in [0.4, 0.5) is 8.78 Å². The smallest absolute Gasteiger partial charge is 0.395 e. The molecule has 1 aliphatic carbocycles. The molecule has 7 heteroatoms. The van der Waals surface area contributed by atoms with Crippen molar-refractivity contribution in [2.24, 2.45) is 5.41 Å². The molecule has 154 valence electrons. The minimum absolute atomic E-state index is 0.0104. The molecule has 2 aromatic heterocycles. The summed E-state index contributed by atoms with van der Waals surface area (Å²) in [6.07, 6.45) is -1.19. The van der Waals surface area contributed by atoms with Gasteiger partial charge in [0.1, 0.15) is 5.69 Å². The summed E-state index contributed by atoms with van der Waals surface area (Å²) in [7, 11) is 0. The first-order valence-electron chi connectivity index (χ1n) is 9.94. The number of ether oxygens (including phenoxy) is 2. The van der Waals surface area contributed by atoms with Gasteiger partial charge < -0.3 is 9.47 Å². The van der Waals surface area contributed by atoms with Gasteiger partial charge in [0.25, 0.3) is 0 Å². The number of nitrogens with zero attached hydrogens (tertiary/aromatic N) is 3. The Morgan fingerprint density at radius 2 is 1.77 bits per heavy atom. The third-order valence-corrected chi connectivity index (χ3v) is 5.59. The molecule has 2 aliphatic rings. The van der Waals surface area contributed by atoms with E-state index >= 15 is 0 Å². The number of fused-ring (bicyclic) bond motifs is 2. The zero-order chi connectivity index (χ0) is 21.1. The molecule has 1 aliphatic heterocycles. The third kappa shape index (κ3) is 3.28. The van der Waals surface area contributed by atoms with Crippen molar-refractivity contribution in [3.05, 3.63) is 53.3 Å². The van der Waals surface area contributed by atoms with E-state index in [1.54, 1.807) is 12.1 Å². The summed E-state index contributed by atoms with van der Waals surface area (Å²) in [4.78, 5) is 14.2. The maximum Gasteiger partial charge on any atom is 0.586 e.